The minimum Gasteiger partial charge on any atom is -0.466 e. The molecular weight excluding hydrogens is 184 g/mol. The van der Waals surface area contributed by atoms with Gasteiger partial charge in [0, 0.05) is 5.57 Å². The lowest BCUT2D eigenvalue weighted by molar-refractivity contribution is -0.149. The molecular formula is C10H16O4. The predicted octanol–water partition coefficient (Wildman–Crippen LogP) is 1.30. The topological polar surface area (TPSA) is 52.6 Å². The number of rotatable bonds is 5. The average molecular weight is 200 g/mol. The molecule has 1 unspecified atom stereocenters. The molecule has 0 rings (SSSR count). The Labute approximate surface area is 83.9 Å². The number of carbonyl (C=O) groups excluding carboxylic acids is 2. The van der Waals surface area contributed by atoms with Crippen LogP contribution in [0.25, 0.3) is 0 Å². The molecule has 0 aliphatic heterocycles. The Morgan fingerprint density at radius 3 is 2.14 bits per heavy atom. The number of esters is 2. The van der Waals surface area contributed by atoms with E-state index in [1.165, 1.54) is 0 Å². The van der Waals surface area contributed by atoms with Gasteiger partial charge in [0.15, 0.2) is 0 Å². The molecule has 0 spiro atoms. The summed E-state index contributed by atoms with van der Waals surface area (Å²) in [5.74, 6) is -1.65. The maximum absolute atomic E-state index is 11.2. The summed E-state index contributed by atoms with van der Waals surface area (Å²) in [6, 6.07) is 0. The monoisotopic (exact) mass is 200 g/mol. The Balaban J connectivity index is 4.24. The van der Waals surface area contributed by atoms with E-state index >= 15 is 0 Å². The Morgan fingerprint density at radius 2 is 1.71 bits per heavy atom. The van der Waals surface area contributed by atoms with Gasteiger partial charge in [0.2, 0.25) is 0 Å². The molecule has 0 saturated heterocycles. The van der Waals surface area contributed by atoms with Crippen molar-refractivity contribution in [3.05, 3.63) is 12.2 Å². The number of hydrogen-bond donors (Lipinski definition) is 0. The molecule has 14 heavy (non-hydrogen) atoms. The quantitative estimate of drug-likeness (QED) is 0.496. The molecule has 0 aliphatic rings. The second kappa shape index (κ2) is 6.18. The van der Waals surface area contributed by atoms with E-state index < -0.39 is 17.9 Å². The second-order valence-electron chi connectivity index (χ2n) is 2.72. The minimum absolute atomic E-state index is 0.130. The zero-order valence-electron chi connectivity index (χ0n) is 8.83. The zero-order chi connectivity index (χ0) is 11.1. The minimum atomic E-state index is -0.644. The summed E-state index contributed by atoms with van der Waals surface area (Å²) < 4.78 is 9.45. The lowest BCUT2D eigenvalue weighted by Crippen LogP contribution is -2.22. The van der Waals surface area contributed by atoms with Gasteiger partial charge < -0.3 is 9.47 Å². The van der Waals surface area contributed by atoms with Crippen molar-refractivity contribution in [1.29, 1.82) is 0 Å². The largest absolute Gasteiger partial charge is 0.466 e. The molecule has 4 heteroatoms. The average Bonchev–Trinajstić information content (AvgIpc) is 2.16. The summed E-state index contributed by atoms with van der Waals surface area (Å²) in [7, 11) is 0. The SMILES string of the molecule is C=C(C(=O)OCC)C(C)C(=O)OCC. The smallest absolute Gasteiger partial charge is 0.334 e. The fraction of sp³-hybridized carbons (Fsp3) is 0.600. The van der Waals surface area contributed by atoms with Crippen LogP contribution in [-0.4, -0.2) is 25.2 Å². The van der Waals surface area contributed by atoms with Crippen LogP contribution in [-0.2, 0) is 19.1 Å². The van der Waals surface area contributed by atoms with Crippen molar-refractivity contribution in [2.75, 3.05) is 13.2 Å². The van der Waals surface area contributed by atoms with Gasteiger partial charge >= 0.3 is 11.9 Å². The van der Waals surface area contributed by atoms with Crippen molar-refractivity contribution in [3.8, 4) is 0 Å². The van der Waals surface area contributed by atoms with Crippen LogP contribution in [0.1, 0.15) is 20.8 Å². The van der Waals surface area contributed by atoms with Crippen LogP contribution >= 0.6 is 0 Å². The molecule has 0 bridgehead atoms. The Bertz CT molecular complexity index is 232. The third-order valence-corrected chi connectivity index (χ3v) is 1.70. The molecule has 80 valence electrons. The molecule has 0 aromatic heterocycles. The van der Waals surface area contributed by atoms with Crippen molar-refractivity contribution >= 4 is 11.9 Å². The molecule has 0 N–H and O–H groups in total. The first-order chi connectivity index (χ1) is 6.54. The highest BCUT2D eigenvalue weighted by molar-refractivity contribution is 5.94. The number of ether oxygens (including phenoxy) is 2. The highest BCUT2D eigenvalue weighted by Gasteiger charge is 2.23. The lowest BCUT2D eigenvalue weighted by Gasteiger charge is -2.11. The first-order valence-electron chi connectivity index (χ1n) is 4.57. The first-order valence-corrected chi connectivity index (χ1v) is 4.57. The molecule has 0 radical (unpaired) electrons. The Hall–Kier alpha value is -1.32. The predicted molar refractivity (Wildman–Crippen MR) is 51.6 cm³/mol. The normalized spacial score (nSPS) is 11.6. The van der Waals surface area contributed by atoms with Gasteiger partial charge in [-0.2, -0.15) is 0 Å². The molecule has 0 heterocycles. The molecule has 0 aliphatic carbocycles. The van der Waals surface area contributed by atoms with E-state index in [4.69, 9.17) is 9.47 Å². The molecule has 4 nitrogen and oxygen atoms in total. The van der Waals surface area contributed by atoms with Gasteiger partial charge in [-0.15, -0.1) is 0 Å². The van der Waals surface area contributed by atoms with Crippen LogP contribution in [0.3, 0.4) is 0 Å². The van der Waals surface area contributed by atoms with Gasteiger partial charge in [-0.05, 0) is 20.8 Å². The van der Waals surface area contributed by atoms with Crippen LogP contribution in [0.2, 0.25) is 0 Å². The summed E-state index contributed by atoms with van der Waals surface area (Å²) in [5.41, 5.74) is 0.130. The fourth-order valence-electron chi connectivity index (χ4n) is 0.810. The Morgan fingerprint density at radius 1 is 1.21 bits per heavy atom. The first kappa shape index (κ1) is 12.7. The van der Waals surface area contributed by atoms with Crippen molar-refractivity contribution in [1.82, 2.24) is 0 Å². The van der Waals surface area contributed by atoms with Crippen molar-refractivity contribution < 1.29 is 19.1 Å². The highest BCUT2D eigenvalue weighted by Crippen LogP contribution is 2.11. The van der Waals surface area contributed by atoms with Gasteiger partial charge in [-0.1, -0.05) is 6.58 Å². The molecule has 0 aromatic rings. The maximum Gasteiger partial charge on any atom is 0.334 e. The summed E-state index contributed by atoms with van der Waals surface area (Å²) in [6.07, 6.45) is 0. The van der Waals surface area contributed by atoms with Crippen LogP contribution in [0.5, 0.6) is 0 Å². The maximum atomic E-state index is 11.2. The van der Waals surface area contributed by atoms with E-state index in [-0.39, 0.29) is 12.2 Å². The summed E-state index contributed by atoms with van der Waals surface area (Å²) >= 11 is 0. The van der Waals surface area contributed by atoms with Gasteiger partial charge in [0.25, 0.3) is 0 Å². The van der Waals surface area contributed by atoms with Gasteiger partial charge in [-0.25, -0.2) is 4.79 Å². The molecule has 1 atom stereocenters. The number of hydrogen-bond acceptors (Lipinski definition) is 4. The van der Waals surface area contributed by atoms with E-state index in [1.54, 1.807) is 20.8 Å². The van der Waals surface area contributed by atoms with E-state index in [0.717, 1.165) is 0 Å². The van der Waals surface area contributed by atoms with Gasteiger partial charge in [0.1, 0.15) is 0 Å². The number of carbonyl (C=O) groups is 2. The van der Waals surface area contributed by atoms with Crippen LogP contribution in [0.4, 0.5) is 0 Å². The highest BCUT2D eigenvalue weighted by atomic mass is 16.5. The standard InChI is InChI=1S/C10H16O4/c1-5-13-9(11)7(3)8(4)10(12)14-6-2/h8H,3,5-6H2,1-2,4H3. The van der Waals surface area contributed by atoms with E-state index in [2.05, 4.69) is 6.58 Å². The molecule has 0 fully saturated rings. The van der Waals surface area contributed by atoms with Crippen molar-refractivity contribution in [2.24, 2.45) is 5.92 Å². The third kappa shape index (κ3) is 3.60. The zero-order valence-corrected chi connectivity index (χ0v) is 8.83. The fourth-order valence-corrected chi connectivity index (χ4v) is 0.810. The van der Waals surface area contributed by atoms with Crippen LogP contribution in [0, 0.1) is 5.92 Å². The molecule has 0 aromatic carbocycles. The van der Waals surface area contributed by atoms with E-state index in [1.807, 2.05) is 0 Å². The summed E-state index contributed by atoms with van der Waals surface area (Å²) in [4.78, 5) is 22.4. The molecule has 0 saturated carbocycles. The van der Waals surface area contributed by atoms with Crippen molar-refractivity contribution in [3.63, 3.8) is 0 Å². The second-order valence-corrected chi connectivity index (χ2v) is 2.72. The Kier molecular flexibility index (Phi) is 5.60. The van der Waals surface area contributed by atoms with Crippen molar-refractivity contribution in [2.45, 2.75) is 20.8 Å². The molecule has 0 amide bonds. The summed E-state index contributed by atoms with van der Waals surface area (Å²) in [6.45, 7) is 9.03. The van der Waals surface area contributed by atoms with Gasteiger partial charge in [0.05, 0.1) is 19.1 Å². The van der Waals surface area contributed by atoms with E-state index in [0.29, 0.717) is 6.61 Å². The summed E-state index contributed by atoms with van der Waals surface area (Å²) in [5, 5.41) is 0. The van der Waals surface area contributed by atoms with Gasteiger partial charge in [-0.3, -0.25) is 4.79 Å². The van der Waals surface area contributed by atoms with Crippen LogP contribution in [0.15, 0.2) is 12.2 Å². The van der Waals surface area contributed by atoms with E-state index in [9.17, 15) is 9.59 Å². The third-order valence-electron chi connectivity index (χ3n) is 1.70. The van der Waals surface area contributed by atoms with Crippen LogP contribution < -0.4 is 0 Å². The lowest BCUT2D eigenvalue weighted by atomic mass is 10.0.